The number of hydrogen-bond acceptors (Lipinski definition) is 5. The SMILES string of the molecule is O=C(COc1ccccc1-c1ccccc1)NN=Cc1cc(Br)cc(Br)c1OC(=O)c1cccc(F)c1. The van der Waals surface area contributed by atoms with Gasteiger partial charge in [0.15, 0.2) is 12.4 Å². The molecule has 4 aromatic rings. The smallest absolute Gasteiger partial charge is 0.343 e. The zero-order valence-electron chi connectivity index (χ0n) is 19.2. The molecule has 4 rings (SSSR count). The quantitative estimate of drug-likeness (QED) is 0.102. The van der Waals surface area contributed by atoms with Gasteiger partial charge in [-0.05, 0) is 57.9 Å². The average Bonchev–Trinajstić information content (AvgIpc) is 2.90. The number of nitrogens with one attached hydrogen (secondary N) is 1. The number of nitrogens with zero attached hydrogens (tertiary/aromatic N) is 1. The number of para-hydroxylation sites is 1. The minimum absolute atomic E-state index is 0.0546. The first-order valence-corrected chi connectivity index (χ1v) is 12.6. The van der Waals surface area contributed by atoms with Gasteiger partial charge in [0.1, 0.15) is 11.6 Å². The van der Waals surface area contributed by atoms with Gasteiger partial charge in [-0.15, -0.1) is 0 Å². The van der Waals surface area contributed by atoms with Crippen LogP contribution in [0.5, 0.6) is 11.5 Å². The van der Waals surface area contributed by atoms with Crippen LogP contribution in [0.3, 0.4) is 0 Å². The Morgan fingerprint density at radius 2 is 1.68 bits per heavy atom. The van der Waals surface area contributed by atoms with Gasteiger partial charge >= 0.3 is 5.97 Å². The molecule has 0 spiro atoms. The maximum Gasteiger partial charge on any atom is 0.343 e. The number of hydrogen-bond donors (Lipinski definition) is 1. The monoisotopic (exact) mass is 624 g/mol. The molecule has 0 fully saturated rings. The molecule has 1 N–H and O–H groups in total. The third kappa shape index (κ3) is 7.12. The van der Waals surface area contributed by atoms with Crippen molar-refractivity contribution < 1.29 is 23.5 Å². The van der Waals surface area contributed by atoms with E-state index in [2.05, 4.69) is 42.4 Å². The highest BCUT2D eigenvalue weighted by molar-refractivity contribution is 9.11. The summed E-state index contributed by atoms with van der Waals surface area (Å²) in [5.41, 5.74) is 4.68. The average molecular weight is 626 g/mol. The number of halogens is 3. The second-order valence-corrected chi connectivity index (χ2v) is 9.42. The highest BCUT2D eigenvalue weighted by Crippen LogP contribution is 2.33. The topological polar surface area (TPSA) is 77.0 Å². The lowest BCUT2D eigenvalue weighted by Gasteiger charge is -2.11. The Bertz CT molecular complexity index is 1460. The molecule has 0 atom stereocenters. The summed E-state index contributed by atoms with van der Waals surface area (Å²) in [7, 11) is 0. The van der Waals surface area contributed by atoms with Gasteiger partial charge in [0.25, 0.3) is 5.91 Å². The van der Waals surface area contributed by atoms with E-state index >= 15 is 0 Å². The first kappa shape index (κ1) is 26.2. The van der Waals surface area contributed by atoms with Gasteiger partial charge in [0.2, 0.25) is 0 Å². The van der Waals surface area contributed by atoms with Crippen molar-refractivity contribution in [3.63, 3.8) is 0 Å². The molecule has 186 valence electrons. The maximum atomic E-state index is 13.5. The van der Waals surface area contributed by atoms with Crippen LogP contribution in [0.4, 0.5) is 4.39 Å². The number of carbonyl (C=O) groups excluding carboxylic acids is 2. The Labute approximate surface area is 229 Å². The molecule has 37 heavy (non-hydrogen) atoms. The number of amides is 1. The molecule has 0 saturated carbocycles. The lowest BCUT2D eigenvalue weighted by atomic mass is 10.1. The summed E-state index contributed by atoms with van der Waals surface area (Å²) < 4.78 is 25.9. The van der Waals surface area contributed by atoms with E-state index in [9.17, 15) is 14.0 Å². The second-order valence-electron chi connectivity index (χ2n) is 7.65. The first-order chi connectivity index (χ1) is 17.9. The van der Waals surface area contributed by atoms with Crippen molar-refractivity contribution in [3.05, 3.63) is 117 Å². The fraction of sp³-hybridized carbons (Fsp3) is 0.0357. The van der Waals surface area contributed by atoms with E-state index in [0.29, 0.717) is 20.3 Å². The highest BCUT2D eigenvalue weighted by atomic mass is 79.9. The third-order valence-corrected chi connectivity index (χ3v) is 6.06. The van der Waals surface area contributed by atoms with Crippen LogP contribution in [0, 0.1) is 5.82 Å². The summed E-state index contributed by atoms with van der Waals surface area (Å²) in [5.74, 6) is -1.06. The van der Waals surface area contributed by atoms with Crippen molar-refractivity contribution in [2.75, 3.05) is 6.61 Å². The minimum atomic E-state index is -0.744. The fourth-order valence-electron chi connectivity index (χ4n) is 3.35. The van der Waals surface area contributed by atoms with Crippen LogP contribution < -0.4 is 14.9 Å². The predicted molar refractivity (Wildman–Crippen MR) is 146 cm³/mol. The van der Waals surface area contributed by atoms with Crippen LogP contribution in [0.1, 0.15) is 15.9 Å². The molecule has 0 aromatic heterocycles. The van der Waals surface area contributed by atoms with Crippen LogP contribution in [0.15, 0.2) is 105 Å². The molecule has 0 aliphatic carbocycles. The van der Waals surface area contributed by atoms with E-state index < -0.39 is 17.7 Å². The standard InChI is InChI=1S/C28H19Br2FN2O4/c29-21-13-20(27(24(30)15-21)37-28(35)19-9-6-10-22(31)14-19)16-32-33-26(34)17-36-25-12-5-4-11-23(25)18-7-2-1-3-8-18/h1-16H,17H2,(H,33,34). The van der Waals surface area contributed by atoms with Crippen molar-refractivity contribution in [2.45, 2.75) is 0 Å². The lowest BCUT2D eigenvalue weighted by Crippen LogP contribution is -2.24. The summed E-state index contributed by atoms with van der Waals surface area (Å²) in [6.45, 7) is -0.259. The lowest BCUT2D eigenvalue weighted by molar-refractivity contribution is -0.123. The summed E-state index contributed by atoms with van der Waals surface area (Å²) in [6, 6.07) is 25.6. The number of hydrazone groups is 1. The van der Waals surface area contributed by atoms with Crippen LogP contribution in [0.2, 0.25) is 0 Å². The molecule has 6 nitrogen and oxygen atoms in total. The van der Waals surface area contributed by atoms with E-state index in [0.717, 1.165) is 17.2 Å². The highest BCUT2D eigenvalue weighted by Gasteiger charge is 2.16. The molecular weight excluding hydrogens is 607 g/mol. The van der Waals surface area contributed by atoms with Crippen LogP contribution >= 0.6 is 31.9 Å². The van der Waals surface area contributed by atoms with Gasteiger partial charge in [-0.25, -0.2) is 14.6 Å². The Kier molecular flexibility index (Phi) is 8.81. The number of rotatable bonds is 8. The van der Waals surface area contributed by atoms with E-state index in [1.807, 2.05) is 48.5 Å². The number of carbonyl (C=O) groups is 2. The molecule has 4 aromatic carbocycles. The molecule has 1 amide bonds. The summed E-state index contributed by atoms with van der Waals surface area (Å²) in [4.78, 5) is 24.9. The van der Waals surface area contributed by atoms with Crippen molar-refractivity contribution in [1.29, 1.82) is 0 Å². The van der Waals surface area contributed by atoms with Crippen LogP contribution in [0.25, 0.3) is 11.1 Å². The van der Waals surface area contributed by atoms with Crippen molar-refractivity contribution >= 4 is 50.0 Å². The fourth-order valence-corrected chi connectivity index (χ4v) is 4.69. The van der Waals surface area contributed by atoms with E-state index in [-0.39, 0.29) is 17.9 Å². The van der Waals surface area contributed by atoms with E-state index in [1.54, 1.807) is 18.2 Å². The van der Waals surface area contributed by atoms with Gasteiger partial charge < -0.3 is 9.47 Å². The van der Waals surface area contributed by atoms with Gasteiger partial charge in [0, 0.05) is 15.6 Å². The largest absolute Gasteiger partial charge is 0.483 e. The van der Waals surface area contributed by atoms with E-state index in [4.69, 9.17) is 9.47 Å². The predicted octanol–water partition coefficient (Wildman–Crippen LogP) is 6.77. The normalized spacial score (nSPS) is 10.8. The van der Waals surface area contributed by atoms with Crippen molar-refractivity contribution in [1.82, 2.24) is 5.43 Å². The van der Waals surface area contributed by atoms with E-state index in [1.165, 1.54) is 24.4 Å². The van der Waals surface area contributed by atoms with Crippen LogP contribution in [-0.4, -0.2) is 24.7 Å². The molecular formula is C28H19Br2FN2O4. The number of ether oxygens (including phenoxy) is 2. The van der Waals surface area contributed by atoms with Crippen molar-refractivity contribution in [3.8, 4) is 22.6 Å². The van der Waals surface area contributed by atoms with Crippen LogP contribution in [-0.2, 0) is 4.79 Å². The summed E-state index contributed by atoms with van der Waals surface area (Å²) in [6.07, 6.45) is 1.33. The molecule has 0 heterocycles. The summed E-state index contributed by atoms with van der Waals surface area (Å²) in [5, 5.41) is 3.97. The molecule has 9 heteroatoms. The molecule has 0 aliphatic heterocycles. The molecule has 0 bridgehead atoms. The Morgan fingerprint density at radius 3 is 2.46 bits per heavy atom. The zero-order valence-corrected chi connectivity index (χ0v) is 22.3. The number of esters is 1. The molecule has 0 aliphatic rings. The molecule has 0 radical (unpaired) electrons. The van der Waals surface area contributed by atoms with Crippen molar-refractivity contribution in [2.24, 2.45) is 5.10 Å². The van der Waals surface area contributed by atoms with Gasteiger partial charge in [0.05, 0.1) is 16.3 Å². The zero-order chi connectivity index (χ0) is 26.2. The Hall–Kier alpha value is -3.82. The first-order valence-electron chi connectivity index (χ1n) is 11.0. The Balaban J connectivity index is 1.42. The van der Waals surface area contributed by atoms with Gasteiger partial charge in [-0.1, -0.05) is 70.5 Å². The van der Waals surface area contributed by atoms with Gasteiger partial charge in [-0.2, -0.15) is 5.10 Å². The van der Waals surface area contributed by atoms with Gasteiger partial charge in [-0.3, -0.25) is 4.79 Å². The second kappa shape index (κ2) is 12.4. The minimum Gasteiger partial charge on any atom is -0.483 e. The maximum absolute atomic E-state index is 13.5. The molecule has 0 unspecified atom stereocenters. The third-order valence-electron chi connectivity index (χ3n) is 5.02. The summed E-state index contributed by atoms with van der Waals surface area (Å²) >= 11 is 6.74. The number of benzene rings is 4. The molecule has 0 saturated heterocycles. The Morgan fingerprint density at radius 1 is 0.919 bits per heavy atom.